The molecule has 0 saturated carbocycles. The van der Waals surface area contributed by atoms with Crippen molar-refractivity contribution >= 4 is 132 Å². The number of nitrogens with zero attached hydrogens (tertiary/aromatic N) is 6. The van der Waals surface area contributed by atoms with E-state index in [-0.39, 0.29) is 166 Å². The fourth-order valence-electron chi connectivity index (χ4n) is 16.9. The summed E-state index contributed by atoms with van der Waals surface area (Å²) in [5.74, 6) is -12.9. The van der Waals surface area contributed by atoms with Crippen LogP contribution in [0.4, 0.5) is 29.7 Å². The first-order valence-electron chi connectivity index (χ1n) is 47.3. The normalized spacial score (nSPS) is 17.6. The number of likely N-dealkylation sites (N-methyl/N-ethyl adjacent to an activating group) is 2. The Morgan fingerprint density at radius 3 is 1.63 bits per heavy atom. The van der Waals surface area contributed by atoms with Crippen LogP contribution >= 0.6 is 23.5 Å². The molecule has 44 heteroatoms. The Labute approximate surface area is 835 Å². The van der Waals surface area contributed by atoms with Crippen LogP contribution in [0.5, 0.6) is 5.75 Å². The molecule has 5 aromatic rings. The highest BCUT2D eigenvalue weighted by Crippen LogP contribution is 2.45. The van der Waals surface area contributed by atoms with Gasteiger partial charge in [-0.3, -0.25) is 57.6 Å². The van der Waals surface area contributed by atoms with Gasteiger partial charge in [0.25, 0.3) is 23.6 Å². The van der Waals surface area contributed by atoms with Crippen molar-refractivity contribution in [1.82, 2.24) is 51.1 Å². The Balaban J connectivity index is 0.705. The number of nitrogens with one attached hydrogen (secondary N) is 6. The molecule has 1 unspecified atom stereocenters. The Kier molecular flexibility index (Phi) is 43.4. The molecular weight excluding hydrogens is 1930 g/mol. The molecule has 0 radical (unpaired) electrons. The maximum atomic E-state index is 15.9. The van der Waals surface area contributed by atoms with E-state index in [2.05, 4.69) is 31.9 Å². The van der Waals surface area contributed by atoms with Gasteiger partial charge in [-0.2, -0.15) is 0 Å². The van der Waals surface area contributed by atoms with Crippen LogP contribution in [-0.4, -0.2) is 315 Å². The second kappa shape index (κ2) is 53.9. The van der Waals surface area contributed by atoms with Crippen molar-refractivity contribution in [2.45, 2.75) is 185 Å². The summed E-state index contributed by atoms with van der Waals surface area (Å²) in [5, 5.41) is 27.5. The number of sulfone groups is 2. The molecule has 3 fully saturated rings. The molecule has 4 aliphatic heterocycles. The summed E-state index contributed by atoms with van der Waals surface area (Å²) in [6.07, 6.45) is -1.46. The van der Waals surface area contributed by atoms with Crippen LogP contribution in [0, 0.1) is 41.2 Å². The summed E-state index contributed by atoms with van der Waals surface area (Å²) in [5.41, 5.74) is 6.69. The molecule has 9 N–H and O–H groups in total. The average molecular weight is 2060 g/mol. The van der Waals surface area contributed by atoms with Crippen LogP contribution < -0.4 is 47.3 Å². The van der Waals surface area contributed by atoms with Crippen molar-refractivity contribution in [3.63, 3.8) is 0 Å². The van der Waals surface area contributed by atoms with Crippen LogP contribution in [0.1, 0.15) is 146 Å². The van der Waals surface area contributed by atoms with E-state index in [4.69, 9.17) is 38.9 Å². The number of hydrogen-bond donors (Lipinski definition) is 8. The molecule has 0 aromatic heterocycles. The number of carbonyl (C=O) groups is 13. The molecular formula is C98H133F2N13O25S4. The first kappa shape index (κ1) is 114. The van der Waals surface area contributed by atoms with Crippen molar-refractivity contribution in [2.75, 3.05) is 147 Å². The van der Waals surface area contributed by atoms with Gasteiger partial charge in [-0.15, -0.1) is 0 Å². The predicted molar refractivity (Wildman–Crippen MR) is 527 cm³/mol. The van der Waals surface area contributed by atoms with E-state index in [0.717, 1.165) is 40.6 Å². The van der Waals surface area contributed by atoms with E-state index >= 15 is 8.78 Å². The van der Waals surface area contributed by atoms with Crippen LogP contribution in [0.3, 0.4) is 0 Å². The van der Waals surface area contributed by atoms with Gasteiger partial charge in [0.2, 0.25) is 41.4 Å². The van der Waals surface area contributed by atoms with Crippen LogP contribution in [0.25, 0.3) is 0 Å². The van der Waals surface area contributed by atoms with E-state index < -0.39 is 199 Å². The zero-order valence-electron chi connectivity index (χ0n) is 82.5. The van der Waals surface area contributed by atoms with E-state index in [1.807, 2.05) is 19.9 Å². The fourth-order valence-corrected chi connectivity index (χ4v) is 21.3. The lowest BCUT2D eigenvalue weighted by Crippen LogP contribution is -2.60. The summed E-state index contributed by atoms with van der Waals surface area (Å²) < 4.78 is 120. The Morgan fingerprint density at radius 1 is 0.599 bits per heavy atom. The fraction of sp³-hybridized carbons (Fsp3) is 0.541. The molecule has 38 nitrogen and oxygen atoms in total. The Hall–Kier alpha value is -11.2. The number of anilines is 2. The number of aliphatic hydroxyl groups is 1. The number of benzene rings is 5. The van der Waals surface area contributed by atoms with Gasteiger partial charge in [-0.05, 0) is 128 Å². The van der Waals surface area contributed by atoms with Crippen LogP contribution in [-0.2, 0) is 97.9 Å². The van der Waals surface area contributed by atoms with E-state index in [1.165, 1.54) is 96.6 Å². The quantitative estimate of drug-likeness (QED) is 0.0139. The number of urea groups is 1. The smallest absolute Gasteiger partial charge is 0.410 e. The van der Waals surface area contributed by atoms with Gasteiger partial charge >= 0.3 is 12.1 Å². The molecule has 3 saturated heterocycles. The number of hydrogen-bond acceptors (Lipinski definition) is 27. The monoisotopic (exact) mass is 2060 g/mol. The van der Waals surface area contributed by atoms with Gasteiger partial charge in [0.15, 0.2) is 37.1 Å². The summed E-state index contributed by atoms with van der Waals surface area (Å²) in [6.45, 7) is 16.8. The standard InChI is InChI=1S/C98H133F2N13O25S4/c1-15-61(8)82(76(132-13)55-78(115)112-38-20-24-75(112)84(133-14)62(9)88(117)103-63(10)83(116)65-21-17-16-18-22-65)108(11)94(123)80(59(4)5)107-91(120)81(60(6)7)109(12)98(127)138-56-64-25-31-68(32-26-64)104-89(118)74(23-19-37-102-97(101)126)105-90(119)79(58(2)3)106-77(114)57-136-46-45-134-43-44-135-47-48-137-85-72(99)53-69(54-73(85)100)113-95(124)86(139-70-33-27-66(28-34-70)92(121)110-39-49-141(128,129)50-40-110)87(96(113)125)140-71-35-29-67(30-36-71)93(122)111-41-51-142(130,131)52-42-111/h16-18,21-22,25-36,53-54,58-63,74-76,79-84,116H,15,19-20,23-24,37-52,55-57H2,1-14H3,(H,103,117)(H,104,118)(H,105,119)(H,106,114)(H,107,120)(H3,101,102,126)/t61?,62-,63-,74+,75+,76-,79+,80+,81+,82+,83-,84-/m1/s1. The summed E-state index contributed by atoms with van der Waals surface area (Å²) in [6, 6.07) is 21.6. The second-order valence-corrected chi connectivity index (χ2v) is 43.2. The zero-order valence-corrected chi connectivity index (χ0v) is 85.8. The molecule has 4 heterocycles. The number of nitrogens with two attached hydrogens (primary N) is 1. The summed E-state index contributed by atoms with van der Waals surface area (Å²) in [7, 11) is -0.544. The molecule has 5 aromatic carbocycles. The van der Waals surface area contributed by atoms with Gasteiger partial charge in [0.1, 0.15) is 44.0 Å². The number of aliphatic hydroxyl groups excluding tert-OH is 1. The average Bonchev–Trinajstić information content (AvgIpc) is 1.61. The molecule has 0 bridgehead atoms. The topological polar surface area (TPSA) is 493 Å². The molecule has 0 aliphatic carbocycles. The van der Waals surface area contributed by atoms with E-state index in [9.17, 15) is 84.3 Å². The third-order valence-electron chi connectivity index (χ3n) is 25.1. The molecule has 4 aliphatic rings. The van der Waals surface area contributed by atoms with E-state index in [1.54, 1.807) is 104 Å². The van der Waals surface area contributed by atoms with Gasteiger partial charge in [-0.1, -0.05) is 135 Å². The van der Waals surface area contributed by atoms with Crippen molar-refractivity contribution < 1.29 is 126 Å². The van der Waals surface area contributed by atoms with Gasteiger partial charge in [-0.25, -0.2) is 40.1 Å². The summed E-state index contributed by atoms with van der Waals surface area (Å²) in [4.78, 5) is 188. The Bertz CT molecular complexity index is 5330. The third kappa shape index (κ3) is 31.9. The van der Waals surface area contributed by atoms with Gasteiger partial charge < -0.3 is 95.5 Å². The molecule has 0 spiro atoms. The first-order chi connectivity index (χ1) is 67.4. The summed E-state index contributed by atoms with van der Waals surface area (Å²) >= 11 is 1.69. The highest BCUT2D eigenvalue weighted by molar-refractivity contribution is 8.08. The third-order valence-corrected chi connectivity index (χ3v) is 30.7. The van der Waals surface area contributed by atoms with Crippen LogP contribution in [0.15, 0.2) is 135 Å². The lowest BCUT2D eigenvalue weighted by Gasteiger charge is -2.41. The maximum absolute atomic E-state index is 15.9. The number of thioether (sulfide) groups is 2. The number of imide groups is 1. The van der Waals surface area contributed by atoms with Crippen molar-refractivity contribution in [2.24, 2.45) is 35.3 Å². The number of halogens is 2. The van der Waals surface area contributed by atoms with Crippen molar-refractivity contribution in [3.05, 3.63) is 159 Å². The molecule has 14 amide bonds. The van der Waals surface area contributed by atoms with E-state index in [0.29, 0.717) is 51.6 Å². The van der Waals surface area contributed by atoms with Crippen molar-refractivity contribution in [3.8, 4) is 5.75 Å². The largest absolute Gasteiger partial charge is 0.485 e. The second-order valence-electron chi connectivity index (χ2n) is 36.4. The maximum Gasteiger partial charge on any atom is 0.410 e. The Morgan fingerprint density at radius 2 is 1.13 bits per heavy atom. The number of carbonyl (C=O) groups excluding carboxylic acids is 13. The zero-order chi connectivity index (χ0) is 104. The SMILES string of the molecule is CCC(C)[C@@H]([C@@H](CC(=O)N1CCC[C@H]1[C@H](OC)[C@@H](C)C(=O)N[C@H](C)[C@@H](O)c1ccccc1)OC)N(C)C(=O)[C@@H](NC(=O)[C@H](C(C)C)N(C)C(=O)OCc1ccc(NC(=O)[C@H](CCCNC(N)=O)NC(=O)[C@@H](NC(=O)COCCOCCOCCOc2c(F)cc(N3C(=O)C(Sc4ccc(C(=O)N5CCS(=O)(=O)CC5)cc4)=C(Sc4ccc(C(=O)N5CCS(=O)(=O)CC5)cc4)C3=O)cc2F)C(C)C)cc1)C(C)C. The van der Waals surface area contributed by atoms with Gasteiger partial charge in [0, 0.05) is 106 Å². The predicted octanol–water partition coefficient (Wildman–Crippen LogP) is 7.41. The highest BCUT2D eigenvalue weighted by Gasteiger charge is 2.47. The molecule has 9 rings (SSSR count). The lowest BCUT2D eigenvalue weighted by molar-refractivity contribution is -0.148. The van der Waals surface area contributed by atoms with Gasteiger partial charge in [0.05, 0.1) is 120 Å². The first-order valence-corrected chi connectivity index (χ1v) is 52.6. The molecule has 142 heavy (non-hydrogen) atoms. The number of amides is 14. The number of methoxy groups -OCH3 is 2. The number of ether oxygens (including phenoxy) is 7. The lowest BCUT2D eigenvalue weighted by atomic mass is 9.89. The molecule has 12 atom stereocenters. The van der Waals surface area contributed by atoms with Crippen LogP contribution in [0.2, 0.25) is 0 Å². The minimum Gasteiger partial charge on any atom is -0.485 e. The highest BCUT2D eigenvalue weighted by atomic mass is 32.2. The minimum absolute atomic E-state index is 0.000562. The van der Waals surface area contributed by atoms with Crippen molar-refractivity contribution in [1.29, 1.82) is 0 Å². The molecule has 778 valence electrons. The number of rotatable bonds is 51. The number of likely N-dealkylation sites (tertiary alicyclic amines) is 1. The number of primary amides is 1. The minimum atomic E-state index is -3.28.